The first kappa shape index (κ1) is 18.9. The fourth-order valence-electron chi connectivity index (χ4n) is 2.19. The van der Waals surface area contributed by atoms with E-state index in [0.717, 1.165) is 0 Å². The zero-order valence-corrected chi connectivity index (χ0v) is 13.8. The van der Waals surface area contributed by atoms with E-state index in [4.69, 9.17) is 4.74 Å². The number of hydrogen-bond donors (Lipinski definition) is 3. The standard InChI is InChI=1S/C16H23NO6/c1-9(2)14(16(21)23-4)17-15(20)10-5-11(7-18)12(8-19)13(6-10)22-3/h5-6,9,14,18-19H,7-8H2,1-4H3,(H,17,20)/t14-/m0/s1. The van der Waals surface area contributed by atoms with Crippen molar-refractivity contribution in [2.75, 3.05) is 14.2 Å². The molecule has 0 saturated carbocycles. The van der Waals surface area contributed by atoms with E-state index in [1.54, 1.807) is 13.8 Å². The number of rotatable bonds is 7. The van der Waals surface area contributed by atoms with Crippen molar-refractivity contribution in [1.29, 1.82) is 0 Å². The minimum Gasteiger partial charge on any atom is -0.496 e. The number of carbonyl (C=O) groups excluding carboxylic acids is 2. The molecule has 7 nitrogen and oxygen atoms in total. The van der Waals surface area contributed by atoms with Crippen LogP contribution in [0.1, 0.15) is 35.3 Å². The molecule has 0 aliphatic carbocycles. The zero-order valence-electron chi connectivity index (χ0n) is 13.8. The predicted octanol–water partition coefficient (Wildman–Crippen LogP) is 0.607. The van der Waals surface area contributed by atoms with E-state index in [-0.39, 0.29) is 24.7 Å². The van der Waals surface area contributed by atoms with Gasteiger partial charge >= 0.3 is 5.97 Å². The molecule has 1 aromatic rings. The lowest BCUT2D eigenvalue weighted by atomic mass is 10.0. The second-order valence-electron chi connectivity index (χ2n) is 5.35. The largest absolute Gasteiger partial charge is 0.496 e. The third kappa shape index (κ3) is 4.43. The molecular weight excluding hydrogens is 302 g/mol. The molecule has 0 aliphatic heterocycles. The molecule has 0 fully saturated rings. The van der Waals surface area contributed by atoms with Crippen LogP contribution in [0.5, 0.6) is 5.75 Å². The molecule has 1 aromatic carbocycles. The fourth-order valence-corrected chi connectivity index (χ4v) is 2.19. The molecule has 128 valence electrons. The summed E-state index contributed by atoms with van der Waals surface area (Å²) in [6.45, 7) is 2.91. The molecule has 0 aliphatic rings. The number of ether oxygens (including phenoxy) is 2. The molecule has 7 heteroatoms. The topological polar surface area (TPSA) is 105 Å². The van der Waals surface area contributed by atoms with Gasteiger partial charge in [0.15, 0.2) is 0 Å². The minimum absolute atomic E-state index is 0.151. The number of nitrogens with one attached hydrogen (secondary N) is 1. The van der Waals surface area contributed by atoms with E-state index in [0.29, 0.717) is 16.9 Å². The maximum atomic E-state index is 12.4. The summed E-state index contributed by atoms with van der Waals surface area (Å²) in [6, 6.07) is 2.13. The molecule has 0 heterocycles. The number of benzene rings is 1. The number of carbonyl (C=O) groups is 2. The van der Waals surface area contributed by atoms with Gasteiger partial charge in [-0.3, -0.25) is 4.79 Å². The highest BCUT2D eigenvalue weighted by Crippen LogP contribution is 2.25. The number of aliphatic hydroxyl groups excluding tert-OH is 2. The van der Waals surface area contributed by atoms with Crippen LogP contribution in [0.2, 0.25) is 0 Å². The van der Waals surface area contributed by atoms with E-state index in [1.165, 1.54) is 26.4 Å². The van der Waals surface area contributed by atoms with E-state index in [1.807, 2.05) is 0 Å². The van der Waals surface area contributed by atoms with Crippen LogP contribution < -0.4 is 10.1 Å². The Morgan fingerprint density at radius 2 is 1.83 bits per heavy atom. The molecule has 0 spiro atoms. The highest BCUT2D eigenvalue weighted by atomic mass is 16.5. The molecule has 0 aromatic heterocycles. The van der Waals surface area contributed by atoms with Gasteiger partial charge in [0.2, 0.25) is 0 Å². The Bertz CT molecular complexity index is 545. The highest BCUT2D eigenvalue weighted by Gasteiger charge is 2.26. The van der Waals surface area contributed by atoms with Crippen molar-refractivity contribution in [3.05, 3.63) is 28.8 Å². The van der Waals surface area contributed by atoms with E-state index in [2.05, 4.69) is 10.1 Å². The van der Waals surface area contributed by atoms with Crippen molar-refractivity contribution in [1.82, 2.24) is 5.32 Å². The SMILES string of the molecule is COC(=O)[C@@H](NC(=O)c1cc(CO)c(CO)c(OC)c1)C(C)C. The van der Waals surface area contributed by atoms with Crippen LogP contribution in [0.15, 0.2) is 12.1 Å². The third-order valence-corrected chi connectivity index (χ3v) is 3.52. The third-order valence-electron chi connectivity index (χ3n) is 3.52. The van der Waals surface area contributed by atoms with Crippen LogP contribution in [-0.4, -0.2) is 42.4 Å². The maximum Gasteiger partial charge on any atom is 0.328 e. The van der Waals surface area contributed by atoms with Crippen LogP contribution in [-0.2, 0) is 22.7 Å². The number of methoxy groups -OCH3 is 2. The number of aliphatic hydroxyl groups is 2. The Morgan fingerprint density at radius 1 is 1.17 bits per heavy atom. The quantitative estimate of drug-likeness (QED) is 0.634. The molecule has 23 heavy (non-hydrogen) atoms. The number of hydrogen-bond acceptors (Lipinski definition) is 6. The Labute approximate surface area is 135 Å². The van der Waals surface area contributed by atoms with Gasteiger partial charge in [0.25, 0.3) is 5.91 Å². The zero-order chi connectivity index (χ0) is 17.6. The van der Waals surface area contributed by atoms with Gasteiger partial charge in [0.05, 0.1) is 27.4 Å². The van der Waals surface area contributed by atoms with Crippen molar-refractivity contribution in [3.63, 3.8) is 0 Å². The van der Waals surface area contributed by atoms with Crippen molar-refractivity contribution in [2.45, 2.75) is 33.1 Å². The Kier molecular flexibility index (Phi) is 6.99. The molecule has 0 radical (unpaired) electrons. The fraction of sp³-hybridized carbons (Fsp3) is 0.500. The maximum absolute atomic E-state index is 12.4. The second-order valence-corrected chi connectivity index (χ2v) is 5.35. The smallest absolute Gasteiger partial charge is 0.328 e. The normalized spacial score (nSPS) is 12.0. The van der Waals surface area contributed by atoms with Gasteiger partial charge in [0.1, 0.15) is 11.8 Å². The van der Waals surface area contributed by atoms with E-state index >= 15 is 0 Å². The summed E-state index contributed by atoms with van der Waals surface area (Å²) >= 11 is 0. The summed E-state index contributed by atoms with van der Waals surface area (Å²) in [4.78, 5) is 24.1. The number of esters is 1. The lowest BCUT2D eigenvalue weighted by molar-refractivity contribution is -0.144. The van der Waals surface area contributed by atoms with E-state index < -0.39 is 17.9 Å². The van der Waals surface area contributed by atoms with Crippen LogP contribution in [0.25, 0.3) is 0 Å². The first-order valence-corrected chi connectivity index (χ1v) is 7.19. The summed E-state index contributed by atoms with van der Waals surface area (Å²) < 4.78 is 9.83. The Balaban J connectivity index is 3.14. The molecule has 1 atom stereocenters. The molecule has 0 bridgehead atoms. The molecule has 0 saturated heterocycles. The summed E-state index contributed by atoms with van der Waals surface area (Å²) in [5.41, 5.74) is 1.02. The summed E-state index contributed by atoms with van der Waals surface area (Å²) in [6.07, 6.45) is 0. The molecule has 1 amide bonds. The van der Waals surface area contributed by atoms with Crippen molar-refractivity contribution >= 4 is 11.9 Å². The van der Waals surface area contributed by atoms with Gasteiger partial charge < -0.3 is 25.0 Å². The van der Waals surface area contributed by atoms with Gasteiger partial charge in [-0.05, 0) is 23.6 Å². The minimum atomic E-state index is -0.784. The van der Waals surface area contributed by atoms with Gasteiger partial charge in [-0.1, -0.05) is 13.8 Å². The lowest BCUT2D eigenvalue weighted by Gasteiger charge is -2.20. The van der Waals surface area contributed by atoms with Crippen molar-refractivity contribution in [3.8, 4) is 5.75 Å². The van der Waals surface area contributed by atoms with Gasteiger partial charge in [0, 0.05) is 11.1 Å². The average Bonchev–Trinajstić information content (AvgIpc) is 2.56. The predicted molar refractivity (Wildman–Crippen MR) is 82.9 cm³/mol. The first-order valence-electron chi connectivity index (χ1n) is 7.19. The van der Waals surface area contributed by atoms with Crippen LogP contribution in [0.3, 0.4) is 0 Å². The first-order chi connectivity index (χ1) is 10.9. The number of amides is 1. The van der Waals surface area contributed by atoms with Gasteiger partial charge in [-0.2, -0.15) is 0 Å². The monoisotopic (exact) mass is 325 g/mol. The molecule has 1 rings (SSSR count). The van der Waals surface area contributed by atoms with Crippen molar-refractivity contribution < 1.29 is 29.3 Å². The van der Waals surface area contributed by atoms with Gasteiger partial charge in [-0.15, -0.1) is 0 Å². The molecule has 3 N–H and O–H groups in total. The lowest BCUT2D eigenvalue weighted by Crippen LogP contribution is -2.45. The van der Waals surface area contributed by atoms with Gasteiger partial charge in [-0.25, -0.2) is 4.79 Å². The summed E-state index contributed by atoms with van der Waals surface area (Å²) in [5, 5.41) is 21.4. The molecular formula is C16H23NO6. The van der Waals surface area contributed by atoms with E-state index in [9.17, 15) is 19.8 Å². The van der Waals surface area contributed by atoms with Crippen LogP contribution >= 0.6 is 0 Å². The average molecular weight is 325 g/mol. The van der Waals surface area contributed by atoms with Crippen molar-refractivity contribution in [2.24, 2.45) is 5.92 Å². The van der Waals surface area contributed by atoms with Crippen LogP contribution in [0.4, 0.5) is 0 Å². The highest BCUT2D eigenvalue weighted by molar-refractivity contribution is 5.97. The molecule has 0 unspecified atom stereocenters. The van der Waals surface area contributed by atoms with Crippen LogP contribution in [0, 0.1) is 5.92 Å². The second kappa shape index (κ2) is 8.50. The Hall–Kier alpha value is -2.12. The Morgan fingerprint density at radius 3 is 2.26 bits per heavy atom. The summed E-state index contributed by atoms with van der Waals surface area (Å²) in [5.74, 6) is -0.882. The summed E-state index contributed by atoms with van der Waals surface area (Å²) in [7, 11) is 2.66.